The van der Waals surface area contributed by atoms with Crippen LogP contribution in [0.4, 0.5) is 4.79 Å². The van der Waals surface area contributed by atoms with E-state index >= 15 is 0 Å². The zero-order valence-electron chi connectivity index (χ0n) is 13.1. The Morgan fingerprint density at radius 1 is 1.09 bits per heavy atom. The molecule has 23 heavy (non-hydrogen) atoms. The maximum absolute atomic E-state index is 12.7. The fraction of sp³-hybridized carbons (Fsp3) is 0.533. The first-order chi connectivity index (χ1) is 11.0. The Morgan fingerprint density at radius 3 is 2.39 bits per heavy atom. The normalized spacial score (nSPS) is 23.3. The van der Waals surface area contributed by atoms with Crippen molar-refractivity contribution in [2.75, 3.05) is 39.4 Å². The van der Waals surface area contributed by atoms with Crippen LogP contribution in [-0.2, 0) is 14.8 Å². The minimum atomic E-state index is -3.59. The van der Waals surface area contributed by atoms with Gasteiger partial charge in [0.05, 0.1) is 24.3 Å². The monoisotopic (exact) mass is 339 g/mol. The Kier molecular flexibility index (Phi) is 4.56. The fourth-order valence-corrected chi connectivity index (χ4v) is 4.59. The molecule has 0 spiro atoms. The quantitative estimate of drug-likeness (QED) is 0.799. The minimum Gasteiger partial charge on any atom is -0.378 e. The van der Waals surface area contributed by atoms with Crippen LogP contribution in [-0.4, -0.2) is 74.1 Å². The summed E-state index contributed by atoms with van der Waals surface area (Å²) in [6.07, 6.45) is -0.490. The van der Waals surface area contributed by atoms with Crippen LogP contribution in [0.2, 0.25) is 0 Å². The van der Waals surface area contributed by atoms with E-state index in [-0.39, 0.29) is 10.9 Å². The molecule has 2 saturated heterocycles. The van der Waals surface area contributed by atoms with Crippen LogP contribution in [0, 0.1) is 0 Å². The second kappa shape index (κ2) is 6.46. The highest BCUT2D eigenvalue weighted by molar-refractivity contribution is 7.89. The molecule has 2 amide bonds. The van der Waals surface area contributed by atoms with Gasteiger partial charge in [0.2, 0.25) is 10.0 Å². The lowest BCUT2D eigenvalue weighted by Crippen LogP contribution is -2.51. The van der Waals surface area contributed by atoms with Crippen molar-refractivity contribution in [2.45, 2.75) is 18.0 Å². The SMILES string of the molecule is C[C@H]1N(C(=O)N2CCOCC2)CCN1S(=O)(=O)c1ccccc1. The Hall–Kier alpha value is -1.64. The summed E-state index contributed by atoms with van der Waals surface area (Å²) in [7, 11) is -3.59. The molecule has 0 bridgehead atoms. The lowest BCUT2D eigenvalue weighted by molar-refractivity contribution is 0.0410. The Bertz CT molecular complexity index is 659. The summed E-state index contributed by atoms with van der Waals surface area (Å²) in [5, 5.41) is 0. The molecule has 1 atom stereocenters. The van der Waals surface area contributed by atoms with E-state index in [2.05, 4.69) is 0 Å². The number of carbonyl (C=O) groups excluding carboxylic acids is 1. The number of hydrogen-bond donors (Lipinski definition) is 0. The van der Waals surface area contributed by atoms with Crippen LogP contribution in [0.15, 0.2) is 35.2 Å². The summed E-state index contributed by atoms with van der Waals surface area (Å²) < 4.78 is 32.1. The molecule has 0 saturated carbocycles. The predicted molar refractivity (Wildman–Crippen MR) is 84.3 cm³/mol. The van der Waals surface area contributed by atoms with Crippen LogP contribution in [0.3, 0.4) is 0 Å². The lowest BCUT2D eigenvalue weighted by Gasteiger charge is -2.33. The van der Waals surface area contributed by atoms with Gasteiger partial charge in [0.25, 0.3) is 0 Å². The number of benzene rings is 1. The number of hydrogen-bond acceptors (Lipinski definition) is 4. The predicted octanol–water partition coefficient (Wildman–Crippen LogP) is 0.791. The van der Waals surface area contributed by atoms with E-state index in [1.807, 2.05) is 0 Å². The maximum Gasteiger partial charge on any atom is 0.321 e. The second-order valence-electron chi connectivity index (χ2n) is 5.64. The van der Waals surface area contributed by atoms with Gasteiger partial charge >= 0.3 is 6.03 Å². The molecule has 1 aromatic carbocycles. The molecule has 2 aliphatic rings. The first-order valence-electron chi connectivity index (χ1n) is 7.72. The van der Waals surface area contributed by atoms with Crippen molar-refractivity contribution in [2.24, 2.45) is 0 Å². The number of sulfonamides is 1. The van der Waals surface area contributed by atoms with Gasteiger partial charge in [0.15, 0.2) is 0 Å². The van der Waals surface area contributed by atoms with Crippen LogP contribution in [0.25, 0.3) is 0 Å². The number of ether oxygens (including phenoxy) is 1. The number of amides is 2. The summed E-state index contributed by atoms with van der Waals surface area (Å²) in [5.74, 6) is 0. The van der Waals surface area contributed by atoms with Crippen molar-refractivity contribution in [3.05, 3.63) is 30.3 Å². The molecule has 3 rings (SSSR count). The molecular weight excluding hydrogens is 318 g/mol. The molecule has 2 fully saturated rings. The lowest BCUT2D eigenvalue weighted by atomic mass is 10.4. The van der Waals surface area contributed by atoms with Gasteiger partial charge in [-0.25, -0.2) is 13.2 Å². The van der Waals surface area contributed by atoms with Crippen LogP contribution in [0.1, 0.15) is 6.92 Å². The first kappa shape index (κ1) is 16.2. The van der Waals surface area contributed by atoms with Gasteiger partial charge in [-0.1, -0.05) is 18.2 Å². The van der Waals surface area contributed by atoms with Gasteiger partial charge < -0.3 is 14.5 Å². The van der Waals surface area contributed by atoms with E-state index in [9.17, 15) is 13.2 Å². The minimum absolute atomic E-state index is 0.119. The number of morpholine rings is 1. The van der Waals surface area contributed by atoms with E-state index in [0.29, 0.717) is 39.4 Å². The molecule has 0 aliphatic carbocycles. The number of rotatable bonds is 2. The van der Waals surface area contributed by atoms with E-state index in [4.69, 9.17) is 4.74 Å². The standard InChI is InChI=1S/C15H21N3O4S/c1-13-17(15(19)16-9-11-22-12-10-16)7-8-18(13)23(20,21)14-5-3-2-4-6-14/h2-6,13H,7-12H2,1H3/t13-/m0/s1. The molecule has 1 aromatic rings. The number of carbonyl (C=O) groups is 1. The first-order valence-corrected chi connectivity index (χ1v) is 9.16. The third kappa shape index (κ3) is 3.06. The summed E-state index contributed by atoms with van der Waals surface area (Å²) in [6, 6.07) is 8.21. The van der Waals surface area contributed by atoms with Crippen molar-refractivity contribution < 1.29 is 17.9 Å². The van der Waals surface area contributed by atoms with Gasteiger partial charge in [-0.05, 0) is 19.1 Å². The topological polar surface area (TPSA) is 70.2 Å². The highest BCUT2D eigenvalue weighted by atomic mass is 32.2. The van der Waals surface area contributed by atoms with Gasteiger partial charge in [0.1, 0.15) is 0 Å². The maximum atomic E-state index is 12.7. The third-order valence-corrected chi connectivity index (χ3v) is 6.28. The zero-order valence-corrected chi connectivity index (χ0v) is 13.9. The molecule has 8 heteroatoms. The molecular formula is C15H21N3O4S. The van der Waals surface area contributed by atoms with E-state index in [0.717, 1.165) is 0 Å². The van der Waals surface area contributed by atoms with Crippen molar-refractivity contribution in [1.29, 1.82) is 0 Å². The van der Waals surface area contributed by atoms with E-state index < -0.39 is 16.2 Å². The van der Waals surface area contributed by atoms with Crippen LogP contribution in [0.5, 0.6) is 0 Å². The molecule has 0 aromatic heterocycles. The summed E-state index contributed by atoms with van der Waals surface area (Å²) in [5.41, 5.74) is 0. The average Bonchev–Trinajstić information content (AvgIpc) is 2.98. The molecule has 2 heterocycles. The van der Waals surface area contributed by atoms with Crippen molar-refractivity contribution in [1.82, 2.24) is 14.1 Å². The summed E-state index contributed by atoms with van der Waals surface area (Å²) in [4.78, 5) is 16.2. The molecule has 126 valence electrons. The molecule has 0 N–H and O–H groups in total. The largest absolute Gasteiger partial charge is 0.378 e. The number of urea groups is 1. The van der Waals surface area contributed by atoms with Gasteiger partial charge in [-0.2, -0.15) is 4.31 Å². The van der Waals surface area contributed by atoms with Crippen molar-refractivity contribution in [3.63, 3.8) is 0 Å². The highest BCUT2D eigenvalue weighted by Gasteiger charge is 2.41. The molecule has 0 unspecified atom stereocenters. The smallest absolute Gasteiger partial charge is 0.321 e. The average molecular weight is 339 g/mol. The Labute approximate surface area is 136 Å². The molecule has 2 aliphatic heterocycles. The van der Waals surface area contributed by atoms with Gasteiger partial charge in [0, 0.05) is 26.2 Å². The summed E-state index contributed by atoms with van der Waals surface area (Å²) in [6.45, 7) is 4.63. The Balaban J connectivity index is 1.76. The van der Waals surface area contributed by atoms with Crippen molar-refractivity contribution >= 4 is 16.1 Å². The zero-order chi connectivity index (χ0) is 16.4. The van der Waals surface area contributed by atoms with Crippen molar-refractivity contribution in [3.8, 4) is 0 Å². The summed E-state index contributed by atoms with van der Waals surface area (Å²) >= 11 is 0. The van der Waals surface area contributed by atoms with Crippen LogP contribution < -0.4 is 0 Å². The second-order valence-corrected chi connectivity index (χ2v) is 7.53. The van der Waals surface area contributed by atoms with E-state index in [1.54, 1.807) is 47.1 Å². The van der Waals surface area contributed by atoms with Gasteiger partial charge in [-0.3, -0.25) is 0 Å². The third-order valence-electron chi connectivity index (χ3n) is 4.31. The molecule has 7 nitrogen and oxygen atoms in total. The molecule has 0 radical (unpaired) electrons. The van der Waals surface area contributed by atoms with E-state index in [1.165, 1.54) is 4.31 Å². The highest BCUT2D eigenvalue weighted by Crippen LogP contribution is 2.25. The fourth-order valence-electron chi connectivity index (χ4n) is 2.98. The number of nitrogens with zero attached hydrogens (tertiary/aromatic N) is 3. The van der Waals surface area contributed by atoms with Gasteiger partial charge in [-0.15, -0.1) is 0 Å². The Morgan fingerprint density at radius 2 is 1.74 bits per heavy atom. The van der Waals surface area contributed by atoms with Crippen LogP contribution >= 0.6 is 0 Å².